The van der Waals surface area contributed by atoms with Crippen molar-refractivity contribution >= 4 is 17.6 Å². The number of carbonyl (C=O) groups is 1. The number of aromatic nitrogens is 4. The molecule has 0 unspecified atom stereocenters. The van der Waals surface area contributed by atoms with Gasteiger partial charge in [0.1, 0.15) is 0 Å². The van der Waals surface area contributed by atoms with Gasteiger partial charge in [-0.2, -0.15) is 9.50 Å². The van der Waals surface area contributed by atoms with E-state index in [0.717, 1.165) is 17.5 Å². The van der Waals surface area contributed by atoms with Gasteiger partial charge in [-0.15, -0.1) is 5.10 Å². The van der Waals surface area contributed by atoms with Gasteiger partial charge in [0.25, 0.3) is 17.6 Å². The van der Waals surface area contributed by atoms with Gasteiger partial charge in [0, 0.05) is 24.7 Å². The molecule has 0 spiro atoms. The summed E-state index contributed by atoms with van der Waals surface area (Å²) in [7, 11) is 0. The van der Waals surface area contributed by atoms with Crippen LogP contribution in [0.5, 0.6) is 5.88 Å². The van der Waals surface area contributed by atoms with Crippen molar-refractivity contribution < 1.29 is 9.90 Å². The molecule has 4 aromatic rings. The molecule has 0 saturated heterocycles. The Labute approximate surface area is 173 Å². The lowest BCUT2D eigenvalue weighted by Crippen LogP contribution is -2.14. The summed E-state index contributed by atoms with van der Waals surface area (Å²) in [4.78, 5) is 21.1. The monoisotopic (exact) mass is 402 g/mol. The molecule has 152 valence electrons. The van der Waals surface area contributed by atoms with Gasteiger partial charge < -0.3 is 10.4 Å². The molecule has 0 saturated carbocycles. The lowest BCUT2D eigenvalue weighted by molar-refractivity contribution is 0.102. The first-order chi connectivity index (χ1) is 14.6. The van der Waals surface area contributed by atoms with Gasteiger partial charge in [-0.1, -0.05) is 49.4 Å². The van der Waals surface area contributed by atoms with E-state index in [1.807, 2.05) is 42.5 Å². The standard InChI is InChI=1S/C22H22N6O2/c1-2-15-8-10-17(11-9-15)20(30)25-21-26-22-24-18(12-19(29)28(22)27-21)14-23-13-16-6-4-3-5-7-16/h3-12,23,29H,2,13-14H2,1H3,(H,25,27,30). The predicted octanol–water partition coefficient (Wildman–Crippen LogP) is 2.93. The highest BCUT2D eigenvalue weighted by Crippen LogP contribution is 2.15. The summed E-state index contributed by atoms with van der Waals surface area (Å²) in [6.07, 6.45) is 0.906. The third kappa shape index (κ3) is 4.44. The molecule has 30 heavy (non-hydrogen) atoms. The highest BCUT2D eigenvalue weighted by molar-refractivity contribution is 6.03. The number of aryl methyl sites for hydroxylation is 1. The molecule has 0 aliphatic heterocycles. The Morgan fingerprint density at radius 1 is 1.00 bits per heavy atom. The van der Waals surface area contributed by atoms with Crippen molar-refractivity contribution in [3.05, 3.63) is 83.0 Å². The van der Waals surface area contributed by atoms with Crippen LogP contribution in [0.3, 0.4) is 0 Å². The fourth-order valence-corrected chi connectivity index (χ4v) is 3.04. The second-order valence-corrected chi connectivity index (χ2v) is 6.85. The zero-order valence-electron chi connectivity index (χ0n) is 16.5. The first-order valence-corrected chi connectivity index (χ1v) is 9.73. The van der Waals surface area contributed by atoms with Crippen LogP contribution >= 0.6 is 0 Å². The van der Waals surface area contributed by atoms with E-state index in [1.165, 1.54) is 10.6 Å². The fourth-order valence-electron chi connectivity index (χ4n) is 3.04. The van der Waals surface area contributed by atoms with E-state index in [2.05, 4.69) is 32.6 Å². The second-order valence-electron chi connectivity index (χ2n) is 6.85. The van der Waals surface area contributed by atoms with Crippen molar-refractivity contribution in [2.45, 2.75) is 26.4 Å². The maximum absolute atomic E-state index is 12.4. The number of aromatic hydroxyl groups is 1. The van der Waals surface area contributed by atoms with Crippen LogP contribution in [0.1, 0.15) is 34.1 Å². The molecule has 3 N–H and O–H groups in total. The van der Waals surface area contributed by atoms with Gasteiger partial charge in [-0.05, 0) is 29.7 Å². The summed E-state index contributed by atoms with van der Waals surface area (Å²) in [5, 5.41) is 20.3. The normalized spacial score (nSPS) is 11.0. The highest BCUT2D eigenvalue weighted by Gasteiger charge is 2.14. The molecule has 8 heteroatoms. The number of nitrogens with zero attached hydrogens (tertiary/aromatic N) is 4. The molecule has 4 rings (SSSR count). The molecule has 2 aromatic heterocycles. The summed E-state index contributed by atoms with van der Waals surface area (Å²) in [6.45, 7) is 3.19. The smallest absolute Gasteiger partial charge is 0.258 e. The fraction of sp³-hybridized carbons (Fsp3) is 0.182. The minimum Gasteiger partial charge on any atom is -0.493 e. The quantitative estimate of drug-likeness (QED) is 0.439. The first kappa shape index (κ1) is 19.5. The molecule has 0 atom stereocenters. The van der Waals surface area contributed by atoms with Gasteiger partial charge in [0.05, 0.1) is 5.69 Å². The average molecular weight is 402 g/mol. The van der Waals surface area contributed by atoms with Crippen LogP contribution in [-0.4, -0.2) is 30.6 Å². The van der Waals surface area contributed by atoms with Crippen molar-refractivity contribution in [1.82, 2.24) is 24.9 Å². The summed E-state index contributed by atoms with van der Waals surface area (Å²) < 4.78 is 1.19. The van der Waals surface area contributed by atoms with E-state index in [1.54, 1.807) is 12.1 Å². The van der Waals surface area contributed by atoms with Crippen molar-refractivity contribution in [3.63, 3.8) is 0 Å². The molecule has 0 aliphatic rings. The van der Waals surface area contributed by atoms with Crippen LogP contribution in [0, 0.1) is 0 Å². The van der Waals surface area contributed by atoms with E-state index < -0.39 is 0 Å². The lowest BCUT2D eigenvalue weighted by atomic mass is 10.1. The largest absolute Gasteiger partial charge is 0.493 e. The van der Waals surface area contributed by atoms with Crippen LogP contribution in [-0.2, 0) is 19.5 Å². The Morgan fingerprint density at radius 2 is 1.77 bits per heavy atom. The zero-order chi connectivity index (χ0) is 20.9. The van der Waals surface area contributed by atoms with Crippen LogP contribution in [0.15, 0.2) is 60.7 Å². The Morgan fingerprint density at radius 3 is 2.50 bits per heavy atom. The number of carbonyl (C=O) groups excluding carboxylic acids is 1. The molecule has 1 amide bonds. The number of hydrogen-bond donors (Lipinski definition) is 3. The Bertz CT molecular complexity index is 1160. The number of rotatable bonds is 7. The van der Waals surface area contributed by atoms with Gasteiger partial charge in [0.2, 0.25) is 5.88 Å². The van der Waals surface area contributed by atoms with E-state index in [0.29, 0.717) is 24.3 Å². The average Bonchev–Trinajstić information content (AvgIpc) is 3.17. The van der Waals surface area contributed by atoms with E-state index in [4.69, 9.17) is 0 Å². The number of benzene rings is 2. The summed E-state index contributed by atoms with van der Waals surface area (Å²) in [5.41, 5.74) is 3.44. The van der Waals surface area contributed by atoms with Crippen LogP contribution in [0.25, 0.3) is 5.78 Å². The number of amides is 1. The maximum atomic E-state index is 12.4. The number of hydrogen-bond acceptors (Lipinski definition) is 6. The van der Waals surface area contributed by atoms with Gasteiger partial charge >= 0.3 is 0 Å². The Balaban J connectivity index is 1.45. The van der Waals surface area contributed by atoms with Gasteiger partial charge in [0.15, 0.2) is 0 Å². The third-order valence-corrected chi connectivity index (χ3v) is 4.67. The number of nitrogens with one attached hydrogen (secondary N) is 2. The van der Waals surface area contributed by atoms with Crippen LogP contribution < -0.4 is 10.6 Å². The van der Waals surface area contributed by atoms with Gasteiger partial charge in [-0.25, -0.2) is 4.98 Å². The third-order valence-electron chi connectivity index (χ3n) is 4.67. The van der Waals surface area contributed by atoms with Crippen molar-refractivity contribution in [1.29, 1.82) is 0 Å². The number of anilines is 1. The van der Waals surface area contributed by atoms with E-state index in [-0.39, 0.29) is 23.5 Å². The Kier molecular flexibility index (Phi) is 5.67. The second kappa shape index (κ2) is 8.71. The lowest BCUT2D eigenvalue weighted by Gasteiger charge is -2.05. The van der Waals surface area contributed by atoms with Crippen LogP contribution in [0.4, 0.5) is 5.95 Å². The first-order valence-electron chi connectivity index (χ1n) is 9.73. The van der Waals surface area contributed by atoms with E-state index >= 15 is 0 Å². The van der Waals surface area contributed by atoms with Gasteiger partial charge in [-0.3, -0.25) is 10.1 Å². The van der Waals surface area contributed by atoms with Crippen LogP contribution in [0.2, 0.25) is 0 Å². The Hall–Kier alpha value is -3.78. The molecule has 8 nitrogen and oxygen atoms in total. The van der Waals surface area contributed by atoms with E-state index in [9.17, 15) is 9.90 Å². The maximum Gasteiger partial charge on any atom is 0.258 e. The SMILES string of the molecule is CCc1ccc(C(=O)Nc2nc3nc(CNCc4ccccc4)cc(O)n3n2)cc1. The topological polar surface area (TPSA) is 104 Å². The highest BCUT2D eigenvalue weighted by atomic mass is 16.3. The molecule has 0 bridgehead atoms. The predicted molar refractivity (Wildman–Crippen MR) is 113 cm³/mol. The molecule has 2 aromatic carbocycles. The molecule has 0 aliphatic carbocycles. The number of fused-ring (bicyclic) bond motifs is 1. The summed E-state index contributed by atoms with van der Waals surface area (Å²) in [5.74, 6) is -0.130. The minimum atomic E-state index is -0.321. The molecule has 2 heterocycles. The molecular formula is C22H22N6O2. The summed E-state index contributed by atoms with van der Waals surface area (Å²) >= 11 is 0. The van der Waals surface area contributed by atoms with Crippen molar-refractivity contribution in [3.8, 4) is 5.88 Å². The molecule has 0 radical (unpaired) electrons. The molecule has 0 fully saturated rings. The summed E-state index contributed by atoms with van der Waals surface area (Å²) in [6, 6.07) is 18.9. The zero-order valence-corrected chi connectivity index (χ0v) is 16.5. The molecular weight excluding hydrogens is 380 g/mol. The minimum absolute atomic E-state index is 0.0803. The van der Waals surface area contributed by atoms with Crippen molar-refractivity contribution in [2.75, 3.05) is 5.32 Å². The van der Waals surface area contributed by atoms with Crippen molar-refractivity contribution in [2.24, 2.45) is 0 Å².